The number of nitrogens with one attached hydrogen (secondary N) is 1. The van der Waals surface area contributed by atoms with Gasteiger partial charge in [0.25, 0.3) is 0 Å². The van der Waals surface area contributed by atoms with Crippen molar-refractivity contribution in [2.75, 3.05) is 4.90 Å². The molecule has 4 nitrogen and oxygen atoms in total. The predicted octanol–water partition coefficient (Wildman–Crippen LogP) is 2.12. The monoisotopic (exact) mass is 279 g/mol. The highest BCUT2D eigenvalue weighted by Gasteiger charge is 2.41. The molecule has 19 heavy (non-hydrogen) atoms. The van der Waals surface area contributed by atoms with Crippen molar-refractivity contribution in [3.63, 3.8) is 0 Å². The Bertz CT molecular complexity index is 505. The van der Waals surface area contributed by atoms with Gasteiger partial charge in [-0.2, -0.15) is 0 Å². The van der Waals surface area contributed by atoms with Crippen molar-refractivity contribution in [1.82, 2.24) is 0 Å². The maximum atomic E-state index is 9.87. The SMILES string of the molecule is N=C(N)c1c(Cl)cccc1N1C2CCC1CC(O)C2. The van der Waals surface area contributed by atoms with Gasteiger partial charge in [0.15, 0.2) is 0 Å². The Kier molecular flexibility index (Phi) is 3.15. The number of hydrogen-bond donors (Lipinski definition) is 3. The van der Waals surface area contributed by atoms with Crippen LogP contribution in [0.3, 0.4) is 0 Å². The van der Waals surface area contributed by atoms with Crippen molar-refractivity contribution in [3.05, 3.63) is 28.8 Å². The minimum absolute atomic E-state index is 0.00567. The molecule has 2 fully saturated rings. The summed E-state index contributed by atoms with van der Waals surface area (Å²) >= 11 is 6.19. The number of hydrogen-bond acceptors (Lipinski definition) is 3. The van der Waals surface area contributed by atoms with Gasteiger partial charge in [-0.1, -0.05) is 17.7 Å². The van der Waals surface area contributed by atoms with Crippen LogP contribution in [-0.4, -0.2) is 29.1 Å². The Morgan fingerprint density at radius 3 is 2.53 bits per heavy atom. The number of fused-ring (bicyclic) bond motifs is 2. The molecule has 2 heterocycles. The predicted molar refractivity (Wildman–Crippen MR) is 77.0 cm³/mol. The second kappa shape index (κ2) is 4.69. The number of halogens is 1. The summed E-state index contributed by atoms with van der Waals surface area (Å²) in [5.41, 5.74) is 7.25. The third-order valence-electron chi connectivity index (χ3n) is 4.25. The quantitative estimate of drug-likeness (QED) is 0.573. The Balaban J connectivity index is 2.04. The van der Waals surface area contributed by atoms with Crippen LogP contribution in [0, 0.1) is 5.41 Å². The largest absolute Gasteiger partial charge is 0.393 e. The Morgan fingerprint density at radius 1 is 1.32 bits per heavy atom. The highest BCUT2D eigenvalue weighted by atomic mass is 35.5. The molecule has 5 heteroatoms. The van der Waals surface area contributed by atoms with E-state index in [9.17, 15) is 5.11 Å². The third kappa shape index (κ3) is 2.09. The molecular formula is C14H18ClN3O. The van der Waals surface area contributed by atoms with Gasteiger partial charge in [-0.15, -0.1) is 0 Å². The van der Waals surface area contributed by atoms with Crippen LogP contribution >= 0.6 is 11.6 Å². The Hall–Kier alpha value is -1.26. The number of amidine groups is 1. The molecule has 2 unspecified atom stereocenters. The molecule has 2 aliphatic heterocycles. The highest BCUT2D eigenvalue weighted by molar-refractivity contribution is 6.34. The normalized spacial score (nSPS) is 29.6. The van der Waals surface area contributed by atoms with Gasteiger partial charge in [-0.05, 0) is 37.8 Å². The van der Waals surface area contributed by atoms with Gasteiger partial charge in [0.2, 0.25) is 0 Å². The average Bonchev–Trinajstić information content (AvgIpc) is 2.60. The molecule has 2 bridgehead atoms. The zero-order chi connectivity index (χ0) is 13.6. The maximum Gasteiger partial charge on any atom is 0.126 e. The van der Waals surface area contributed by atoms with Crippen molar-refractivity contribution in [2.45, 2.75) is 43.9 Å². The molecular weight excluding hydrogens is 262 g/mol. The number of piperidine rings is 1. The number of aliphatic hydroxyl groups is 1. The topological polar surface area (TPSA) is 73.3 Å². The molecule has 0 radical (unpaired) electrons. The molecule has 2 saturated heterocycles. The van der Waals surface area contributed by atoms with Gasteiger partial charge in [-0.25, -0.2) is 0 Å². The lowest BCUT2D eigenvalue weighted by Crippen LogP contribution is -2.45. The second-order valence-electron chi connectivity index (χ2n) is 5.47. The molecule has 102 valence electrons. The first-order valence-corrected chi connectivity index (χ1v) is 7.05. The van der Waals surface area contributed by atoms with E-state index in [1.165, 1.54) is 0 Å². The van der Waals surface area contributed by atoms with E-state index < -0.39 is 0 Å². The van der Waals surface area contributed by atoms with Crippen LogP contribution in [0.25, 0.3) is 0 Å². The van der Waals surface area contributed by atoms with E-state index in [4.69, 9.17) is 22.7 Å². The van der Waals surface area contributed by atoms with Gasteiger partial charge in [0.1, 0.15) is 5.84 Å². The Labute approximate surface area is 117 Å². The number of aliphatic hydroxyl groups excluding tert-OH is 1. The molecule has 3 rings (SSSR count). The minimum Gasteiger partial charge on any atom is -0.393 e. The van der Waals surface area contributed by atoms with Crippen LogP contribution < -0.4 is 10.6 Å². The standard InChI is InChI=1S/C14H18ClN3O/c15-11-2-1-3-12(13(11)14(16)17)18-8-4-5-9(18)7-10(19)6-8/h1-3,8-10,19H,4-7H2,(H3,16,17). The molecule has 2 aliphatic rings. The molecule has 0 aromatic heterocycles. The molecule has 1 aromatic carbocycles. The molecule has 4 N–H and O–H groups in total. The lowest BCUT2D eigenvalue weighted by molar-refractivity contribution is 0.126. The molecule has 1 aromatic rings. The summed E-state index contributed by atoms with van der Waals surface area (Å²) in [4.78, 5) is 2.31. The van der Waals surface area contributed by atoms with Gasteiger partial charge in [0.05, 0.1) is 16.7 Å². The van der Waals surface area contributed by atoms with E-state index >= 15 is 0 Å². The number of nitrogens with zero attached hydrogens (tertiary/aromatic N) is 1. The first kappa shape index (κ1) is 12.8. The van der Waals surface area contributed by atoms with E-state index in [-0.39, 0.29) is 11.9 Å². The maximum absolute atomic E-state index is 9.87. The van der Waals surface area contributed by atoms with Gasteiger partial charge in [0, 0.05) is 17.8 Å². The van der Waals surface area contributed by atoms with Crippen LogP contribution in [0.15, 0.2) is 18.2 Å². The number of anilines is 1. The number of nitrogens with two attached hydrogens (primary N) is 1. The summed E-state index contributed by atoms with van der Waals surface area (Å²) in [6.45, 7) is 0. The van der Waals surface area contributed by atoms with E-state index in [1.54, 1.807) is 6.07 Å². The van der Waals surface area contributed by atoms with Gasteiger partial charge < -0.3 is 15.7 Å². The highest BCUT2D eigenvalue weighted by Crippen LogP contribution is 2.41. The fourth-order valence-electron chi connectivity index (χ4n) is 3.54. The van der Waals surface area contributed by atoms with Crippen LogP contribution in [0.1, 0.15) is 31.2 Å². The summed E-state index contributed by atoms with van der Waals surface area (Å²) in [5.74, 6) is 0.00567. The molecule has 0 aliphatic carbocycles. The van der Waals surface area contributed by atoms with Crippen molar-refractivity contribution in [2.24, 2.45) is 5.73 Å². The van der Waals surface area contributed by atoms with Crippen molar-refractivity contribution in [1.29, 1.82) is 5.41 Å². The van der Waals surface area contributed by atoms with E-state index in [1.807, 2.05) is 12.1 Å². The molecule has 0 amide bonds. The number of benzene rings is 1. The lowest BCUT2D eigenvalue weighted by atomic mass is 9.97. The van der Waals surface area contributed by atoms with Gasteiger partial charge in [-0.3, -0.25) is 5.41 Å². The lowest BCUT2D eigenvalue weighted by Gasteiger charge is -2.40. The zero-order valence-corrected chi connectivity index (χ0v) is 11.4. The van der Waals surface area contributed by atoms with E-state index in [2.05, 4.69) is 4.90 Å². The molecule has 0 spiro atoms. The van der Waals surface area contributed by atoms with E-state index in [0.29, 0.717) is 22.7 Å². The summed E-state index contributed by atoms with van der Waals surface area (Å²) in [5, 5.41) is 18.1. The first-order chi connectivity index (χ1) is 9.08. The van der Waals surface area contributed by atoms with Crippen molar-refractivity contribution < 1.29 is 5.11 Å². The Morgan fingerprint density at radius 2 is 1.95 bits per heavy atom. The van der Waals surface area contributed by atoms with Crippen LogP contribution in [0.2, 0.25) is 5.02 Å². The van der Waals surface area contributed by atoms with Gasteiger partial charge >= 0.3 is 0 Å². The summed E-state index contributed by atoms with van der Waals surface area (Å²) in [7, 11) is 0. The molecule has 0 saturated carbocycles. The summed E-state index contributed by atoms with van der Waals surface area (Å²) < 4.78 is 0. The van der Waals surface area contributed by atoms with Crippen LogP contribution in [-0.2, 0) is 0 Å². The summed E-state index contributed by atoms with van der Waals surface area (Å²) in [6, 6.07) is 6.32. The minimum atomic E-state index is -0.200. The molecule has 2 atom stereocenters. The van der Waals surface area contributed by atoms with E-state index in [0.717, 1.165) is 31.4 Å². The van der Waals surface area contributed by atoms with Crippen LogP contribution in [0.5, 0.6) is 0 Å². The average molecular weight is 280 g/mol. The number of nitrogen functional groups attached to an aromatic ring is 1. The smallest absolute Gasteiger partial charge is 0.126 e. The van der Waals surface area contributed by atoms with Crippen molar-refractivity contribution >= 4 is 23.1 Å². The first-order valence-electron chi connectivity index (χ1n) is 6.67. The fraction of sp³-hybridized carbons (Fsp3) is 0.500. The third-order valence-corrected chi connectivity index (χ3v) is 4.56. The number of rotatable bonds is 2. The summed E-state index contributed by atoms with van der Waals surface area (Å²) in [6.07, 6.45) is 3.56. The second-order valence-corrected chi connectivity index (χ2v) is 5.87. The van der Waals surface area contributed by atoms with Crippen molar-refractivity contribution in [3.8, 4) is 0 Å². The van der Waals surface area contributed by atoms with Crippen LogP contribution in [0.4, 0.5) is 5.69 Å². The fourth-order valence-corrected chi connectivity index (χ4v) is 3.81. The zero-order valence-electron chi connectivity index (χ0n) is 10.6.